The van der Waals surface area contributed by atoms with Gasteiger partial charge in [-0.2, -0.15) is 5.10 Å². The number of benzene rings is 1. The van der Waals surface area contributed by atoms with Gasteiger partial charge >= 0.3 is 0 Å². The molecule has 0 bridgehead atoms. The molecular formula is C19H13FN8OS. The summed E-state index contributed by atoms with van der Waals surface area (Å²) < 4.78 is 16.5. The zero-order valence-electron chi connectivity index (χ0n) is 15.5. The van der Waals surface area contributed by atoms with Crippen LogP contribution in [0.25, 0.3) is 22.0 Å². The van der Waals surface area contributed by atoms with E-state index in [1.165, 1.54) is 47.1 Å². The van der Waals surface area contributed by atoms with Crippen molar-refractivity contribution in [2.45, 2.75) is 6.92 Å². The minimum Gasteiger partial charge on any atom is -0.306 e. The fourth-order valence-electron chi connectivity index (χ4n) is 2.96. The molecule has 0 saturated carbocycles. The van der Waals surface area contributed by atoms with Gasteiger partial charge in [0.1, 0.15) is 35.5 Å². The quantitative estimate of drug-likeness (QED) is 0.479. The first-order valence-electron chi connectivity index (χ1n) is 8.81. The Hall–Kier alpha value is -3.99. The van der Waals surface area contributed by atoms with Crippen LogP contribution in [0.5, 0.6) is 0 Å². The molecule has 0 aliphatic heterocycles. The Morgan fingerprint density at radius 3 is 2.73 bits per heavy atom. The van der Waals surface area contributed by atoms with E-state index >= 15 is 0 Å². The van der Waals surface area contributed by atoms with Crippen LogP contribution in [-0.2, 0) is 0 Å². The van der Waals surface area contributed by atoms with Crippen molar-refractivity contribution in [1.82, 2.24) is 34.1 Å². The highest BCUT2D eigenvalue weighted by molar-refractivity contribution is 7.19. The van der Waals surface area contributed by atoms with E-state index in [0.717, 1.165) is 11.3 Å². The average Bonchev–Trinajstić information content (AvgIpc) is 3.47. The molecule has 1 N–H and O–H groups in total. The maximum Gasteiger partial charge on any atom is 0.268 e. The van der Waals surface area contributed by atoms with Crippen molar-refractivity contribution in [3.63, 3.8) is 0 Å². The number of hydrogen-bond acceptors (Lipinski definition) is 7. The summed E-state index contributed by atoms with van der Waals surface area (Å²) in [5, 5.41) is 6.79. The molecule has 1 amide bonds. The van der Waals surface area contributed by atoms with Crippen LogP contribution in [-0.4, -0.2) is 40.0 Å². The van der Waals surface area contributed by atoms with E-state index in [-0.39, 0.29) is 11.7 Å². The van der Waals surface area contributed by atoms with Crippen molar-refractivity contribution < 1.29 is 9.18 Å². The number of halogens is 1. The van der Waals surface area contributed by atoms with Crippen LogP contribution in [0.4, 0.5) is 10.2 Å². The number of amides is 1. The summed E-state index contributed by atoms with van der Waals surface area (Å²) >= 11 is 1.27. The molecule has 5 aromatic rings. The van der Waals surface area contributed by atoms with Crippen molar-refractivity contribution in [2.24, 2.45) is 0 Å². The predicted molar refractivity (Wildman–Crippen MR) is 108 cm³/mol. The second-order valence-electron chi connectivity index (χ2n) is 6.36. The normalized spacial score (nSPS) is 11.1. The second-order valence-corrected chi connectivity index (χ2v) is 7.34. The van der Waals surface area contributed by atoms with Gasteiger partial charge in [0.05, 0.1) is 5.69 Å². The molecule has 0 aliphatic rings. The monoisotopic (exact) mass is 420 g/mol. The van der Waals surface area contributed by atoms with Crippen molar-refractivity contribution in [2.75, 3.05) is 5.32 Å². The van der Waals surface area contributed by atoms with E-state index in [1.807, 2.05) is 17.5 Å². The van der Waals surface area contributed by atoms with Gasteiger partial charge in [0.25, 0.3) is 5.91 Å². The Morgan fingerprint density at radius 1 is 1.17 bits per heavy atom. The predicted octanol–water partition coefficient (Wildman–Crippen LogP) is 3.13. The van der Waals surface area contributed by atoms with Gasteiger partial charge in [0, 0.05) is 23.5 Å². The van der Waals surface area contributed by atoms with Gasteiger partial charge in [-0.05, 0) is 31.2 Å². The lowest BCUT2D eigenvalue weighted by molar-refractivity contribution is 0.102. The fourth-order valence-corrected chi connectivity index (χ4v) is 3.97. The number of carbonyl (C=O) groups excluding carboxylic acids is 1. The summed E-state index contributed by atoms with van der Waals surface area (Å²) in [6.07, 6.45) is 6.07. The molecule has 0 spiro atoms. The molecule has 0 saturated heterocycles. The highest BCUT2D eigenvalue weighted by Crippen LogP contribution is 2.27. The standard InChI is InChI=1S/C19H13FN8OS/c1-11-17(18(29)26-15-6-16(23-9-22-15)28-10-21-8-24-28)30-19-25-14(7-27(11)19)12-2-4-13(20)5-3-12/h2-10H,1H3,(H,22,23,26,29). The Labute approximate surface area is 172 Å². The SMILES string of the molecule is Cc1c(C(=O)Nc2cc(-n3cncn3)ncn2)sc2nc(-c3ccc(F)cc3)cn12. The molecular weight excluding hydrogens is 407 g/mol. The van der Waals surface area contributed by atoms with Crippen LogP contribution >= 0.6 is 11.3 Å². The van der Waals surface area contributed by atoms with Crippen LogP contribution < -0.4 is 5.32 Å². The molecule has 11 heteroatoms. The van der Waals surface area contributed by atoms with Crippen LogP contribution in [0.2, 0.25) is 0 Å². The Morgan fingerprint density at radius 2 is 2.00 bits per heavy atom. The first-order chi connectivity index (χ1) is 14.6. The molecule has 4 aromatic heterocycles. The number of nitrogens with zero attached hydrogens (tertiary/aromatic N) is 7. The molecule has 0 aliphatic carbocycles. The summed E-state index contributed by atoms with van der Waals surface area (Å²) in [6.45, 7) is 1.84. The van der Waals surface area contributed by atoms with E-state index in [2.05, 4.69) is 30.4 Å². The van der Waals surface area contributed by atoms with Gasteiger partial charge in [-0.1, -0.05) is 11.3 Å². The minimum absolute atomic E-state index is 0.297. The summed E-state index contributed by atoms with van der Waals surface area (Å²) in [6, 6.07) is 7.74. The van der Waals surface area contributed by atoms with E-state index in [1.54, 1.807) is 18.2 Å². The zero-order valence-corrected chi connectivity index (χ0v) is 16.3. The third kappa shape index (κ3) is 3.20. The van der Waals surface area contributed by atoms with Gasteiger partial charge in [0.15, 0.2) is 10.8 Å². The zero-order chi connectivity index (χ0) is 20.7. The van der Waals surface area contributed by atoms with Crippen LogP contribution in [0, 0.1) is 12.7 Å². The molecule has 0 fully saturated rings. The highest BCUT2D eigenvalue weighted by Gasteiger charge is 2.19. The maximum absolute atomic E-state index is 13.2. The minimum atomic E-state index is -0.299. The lowest BCUT2D eigenvalue weighted by Gasteiger charge is -2.05. The maximum atomic E-state index is 13.2. The van der Waals surface area contributed by atoms with Gasteiger partial charge < -0.3 is 5.32 Å². The highest BCUT2D eigenvalue weighted by atomic mass is 32.1. The third-order valence-electron chi connectivity index (χ3n) is 4.45. The van der Waals surface area contributed by atoms with Gasteiger partial charge in [-0.3, -0.25) is 9.20 Å². The van der Waals surface area contributed by atoms with Crippen molar-refractivity contribution in [1.29, 1.82) is 0 Å². The van der Waals surface area contributed by atoms with E-state index in [4.69, 9.17) is 0 Å². The van der Waals surface area contributed by atoms with Crippen molar-refractivity contribution >= 4 is 28.0 Å². The lowest BCUT2D eigenvalue weighted by atomic mass is 10.2. The van der Waals surface area contributed by atoms with Crippen LogP contribution in [0.15, 0.2) is 55.5 Å². The number of fused-ring (bicyclic) bond motifs is 1. The average molecular weight is 420 g/mol. The molecule has 30 heavy (non-hydrogen) atoms. The second kappa shape index (κ2) is 7.12. The van der Waals surface area contributed by atoms with Gasteiger partial charge in [0.2, 0.25) is 0 Å². The largest absolute Gasteiger partial charge is 0.306 e. The molecule has 5 rings (SSSR count). The van der Waals surface area contributed by atoms with Gasteiger partial charge in [-0.15, -0.1) is 0 Å². The van der Waals surface area contributed by atoms with E-state index < -0.39 is 0 Å². The van der Waals surface area contributed by atoms with Crippen LogP contribution in [0.3, 0.4) is 0 Å². The topological polar surface area (TPSA) is 103 Å². The first-order valence-corrected chi connectivity index (χ1v) is 9.63. The van der Waals surface area contributed by atoms with Crippen LogP contribution in [0.1, 0.15) is 15.4 Å². The van der Waals surface area contributed by atoms with Gasteiger partial charge in [-0.25, -0.2) is 29.0 Å². The molecule has 4 heterocycles. The number of hydrogen-bond donors (Lipinski definition) is 1. The first kappa shape index (κ1) is 18.1. The number of aromatic nitrogens is 7. The summed E-state index contributed by atoms with van der Waals surface area (Å²) in [4.78, 5) is 30.7. The number of anilines is 1. The molecule has 0 atom stereocenters. The fraction of sp³-hybridized carbons (Fsp3) is 0.0526. The smallest absolute Gasteiger partial charge is 0.268 e. The molecule has 9 nitrogen and oxygen atoms in total. The molecule has 0 radical (unpaired) electrons. The number of thiazole rings is 1. The number of nitrogens with one attached hydrogen (secondary N) is 1. The van der Waals surface area contributed by atoms with E-state index in [9.17, 15) is 9.18 Å². The Balaban J connectivity index is 1.41. The lowest BCUT2D eigenvalue weighted by Crippen LogP contribution is -2.13. The molecule has 0 unspecified atom stereocenters. The number of rotatable bonds is 4. The Kier molecular flexibility index (Phi) is 4.29. The Bertz CT molecular complexity index is 1360. The van der Waals surface area contributed by atoms with Crippen molar-refractivity contribution in [3.8, 4) is 17.1 Å². The summed E-state index contributed by atoms with van der Waals surface area (Å²) in [7, 11) is 0. The molecule has 148 valence electrons. The number of imidazole rings is 1. The third-order valence-corrected chi connectivity index (χ3v) is 5.61. The molecule has 1 aromatic carbocycles. The summed E-state index contributed by atoms with van der Waals surface area (Å²) in [5.74, 6) is 0.235. The summed E-state index contributed by atoms with van der Waals surface area (Å²) in [5.41, 5.74) is 2.27. The van der Waals surface area contributed by atoms with E-state index in [0.29, 0.717) is 27.2 Å². The number of carbonyl (C=O) groups is 1. The van der Waals surface area contributed by atoms with Crippen molar-refractivity contribution in [3.05, 3.63) is 71.9 Å². The number of aryl methyl sites for hydroxylation is 1.